The zero-order valence-electron chi connectivity index (χ0n) is 10.3. The summed E-state index contributed by atoms with van der Waals surface area (Å²) in [5, 5.41) is 3.29. The van der Waals surface area contributed by atoms with Gasteiger partial charge in [-0.05, 0) is 19.3 Å². The number of hydrogen-bond donors (Lipinski definition) is 3. The van der Waals surface area contributed by atoms with E-state index in [1.54, 1.807) is 0 Å². The van der Waals surface area contributed by atoms with Crippen LogP contribution in [0.5, 0.6) is 0 Å². The Balaban J connectivity index is 2.06. The van der Waals surface area contributed by atoms with E-state index in [0.717, 1.165) is 25.0 Å². The maximum absolute atomic E-state index is 11.7. The predicted molar refractivity (Wildman–Crippen MR) is 69.1 cm³/mol. The molecule has 1 aromatic rings. The zero-order valence-corrected chi connectivity index (χ0v) is 10.3. The van der Waals surface area contributed by atoms with Gasteiger partial charge in [0.15, 0.2) is 0 Å². The Kier molecular flexibility index (Phi) is 3.66. The molecule has 5 nitrogen and oxygen atoms in total. The smallest absolute Gasteiger partial charge is 0.275 e. The molecular formula is C12H20N4O. The molecule has 2 rings (SSSR count). The molecule has 1 unspecified atom stereocenters. The van der Waals surface area contributed by atoms with E-state index < -0.39 is 0 Å². The SMILES string of the molecule is CCCCCC1CCc2nc(N)[nH]c(=O)c2N1. The van der Waals surface area contributed by atoms with E-state index in [-0.39, 0.29) is 11.5 Å². The lowest BCUT2D eigenvalue weighted by molar-refractivity contribution is 0.539. The number of aromatic nitrogens is 2. The summed E-state index contributed by atoms with van der Waals surface area (Å²) in [6, 6.07) is 0.403. The second-order valence-electron chi connectivity index (χ2n) is 4.65. The molecule has 5 heteroatoms. The summed E-state index contributed by atoms with van der Waals surface area (Å²) in [6.45, 7) is 2.20. The molecular weight excluding hydrogens is 216 g/mol. The van der Waals surface area contributed by atoms with Crippen LogP contribution < -0.4 is 16.6 Å². The van der Waals surface area contributed by atoms with E-state index in [0.29, 0.717) is 11.7 Å². The van der Waals surface area contributed by atoms with Crippen molar-refractivity contribution in [1.82, 2.24) is 9.97 Å². The highest BCUT2D eigenvalue weighted by molar-refractivity contribution is 5.50. The van der Waals surface area contributed by atoms with Crippen molar-refractivity contribution in [1.29, 1.82) is 0 Å². The van der Waals surface area contributed by atoms with Crippen molar-refractivity contribution in [3.05, 3.63) is 16.0 Å². The quantitative estimate of drug-likeness (QED) is 0.694. The number of anilines is 2. The van der Waals surface area contributed by atoms with Crippen LogP contribution in [-0.2, 0) is 6.42 Å². The van der Waals surface area contributed by atoms with E-state index in [1.807, 2.05) is 0 Å². The third kappa shape index (κ3) is 2.78. The van der Waals surface area contributed by atoms with E-state index in [4.69, 9.17) is 5.73 Å². The lowest BCUT2D eigenvalue weighted by atomic mass is 9.98. The highest BCUT2D eigenvalue weighted by atomic mass is 16.1. The van der Waals surface area contributed by atoms with Crippen molar-refractivity contribution < 1.29 is 0 Å². The second kappa shape index (κ2) is 5.21. The van der Waals surface area contributed by atoms with Gasteiger partial charge in [0.05, 0.1) is 5.69 Å². The Bertz CT molecular complexity index is 441. The Morgan fingerprint density at radius 3 is 3.06 bits per heavy atom. The number of unbranched alkanes of at least 4 members (excludes halogenated alkanes) is 2. The van der Waals surface area contributed by atoms with Crippen LogP contribution >= 0.6 is 0 Å². The first-order valence-electron chi connectivity index (χ1n) is 6.36. The largest absolute Gasteiger partial charge is 0.376 e. The summed E-state index contributed by atoms with van der Waals surface area (Å²) in [7, 11) is 0. The number of nitrogen functional groups attached to an aromatic ring is 1. The van der Waals surface area contributed by atoms with Crippen molar-refractivity contribution in [3.63, 3.8) is 0 Å². The first-order chi connectivity index (χ1) is 8.20. The number of aromatic amines is 1. The van der Waals surface area contributed by atoms with Crippen molar-refractivity contribution in [2.75, 3.05) is 11.1 Å². The average Bonchev–Trinajstić information content (AvgIpc) is 2.30. The van der Waals surface area contributed by atoms with Gasteiger partial charge >= 0.3 is 0 Å². The van der Waals surface area contributed by atoms with Gasteiger partial charge in [0.2, 0.25) is 5.95 Å². The monoisotopic (exact) mass is 236 g/mol. The van der Waals surface area contributed by atoms with Gasteiger partial charge in [-0.25, -0.2) is 4.98 Å². The number of nitrogens with zero attached hydrogens (tertiary/aromatic N) is 1. The van der Waals surface area contributed by atoms with Gasteiger partial charge in [0.25, 0.3) is 5.56 Å². The van der Waals surface area contributed by atoms with Crippen LogP contribution in [-0.4, -0.2) is 16.0 Å². The van der Waals surface area contributed by atoms with Crippen LogP contribution in [0.25, 0.3) is 0 Å². The van der Waals surface area contributed by atoms with E-state index in [1.165, 1.54) is 19.3 Å². The third-order valence-electron chi connectivity index (χ3n) is 3.25. The number of H-pyrrole nitrogens is 1. The van der Waals surface area contributed by atoms with E-state index in [9.17, 15) is 4.79 Å². The molecule has 0 spiro atoms. The van der Waals surface area contributed by atoms with Crippen molar-refractivity contribution >= 4 is 11.6 Å². The first kappa shape index (κ1) is 12.0. The Morgan fingerprint density at radius 1 is 1.47 bits per heavy atom. The Hall–Kier alpha value is -1.52. The zero-order chi connectivity index (χ0) is 12.3. The number of aryl methyl sites for hydroxylation is 1. The number of nitrogens with one attached hydrogen (secondary N) is 2. The second-order valence-corrected chi connectivity index (χ2v) is 4.65. The molecule has 0 fully saturated rings. The molecule has 0 amide bonds. The van der Waals surface area contributed by atoms with Crippen LogP contribution in [0.2, 0.25) is 0 Å². The average molecular weight is 236 g/mol. The molecule has 1 atom stereocenters. The summed E-state index contributed by atoms with van der Waals surface area (Å²) in [5.41, 5.74) is 6.80. The molecule has 0 aromatic carbocycles. The van der Waals surface area contributed by atoms with Gasteiger partial charge in [0.1, 0.15) is 5.69 Å². The molecule has 2 heterocycles. The highest BCUT2D eigenvalue weighted by Crippen LogP contribution is 2.22. The van der Waals surface area contributed by atoms with Crippen LogP contribution in [0.3, 0.4) is 0 Å². The Labute approximate surface area is 101 Å². The van der Waals surface area contributed by atoms with Crippen LogP contribution in [0.4, 0.5) is 11.6 Å². The van der Waals surface area contributed by atoms with Crippen molar-refractivity contribution in [2.24, 2.45) is 0 Å². The normalized spacial score (nSPS) is 18.5. The minimum absolute atomic E-state index is 0.146. The van der Waals surface area contributed by atoms with Crippen LogP contribution in [0.15, 0.2) is 4.79 Å². The molecule has 4 N–H and O–H groups in total. The lowest BCUT2D eigenvalue weighted by Crippen LogP contribution is -2.31. The molecule has 0 aliphatic carbocycles. The molecule has 1 aliphatic heterocycles. The number of rotatable bonds is 4. The summed E-state index contributed by atoms with van der Waals surface area (Å²) < 4.78 is 0. The minimum Gasteiger partial charge on any atom is -0.376 e. The Morgan fingerprint density at radius 2 is 2.29 bits per heavy atom. The molecule has 1 aliphatic rings. The predicted octanol–water partition coefficient (Wildman–Crippen LogP) is 1.66. The summed E-state index contributed by atoms with van der Waals surface area (Å²) in [6.07, 6.45) is 6.68. The van der Waals surface area contributed by atoms with Gasteiger partial charge in [0, 0.05) is 6.04 Å². The molecule has 94 valence electrons. The molecule has 1 aromatic heterocycles. The molecule has 0 radical (unpaired) electrons. The highest BCUT2D eigenvalue weighted by Gasteiger charge is 2.21. The molecule has 0 saturated carbocycles. The molecule has 0 bridgehead atoms. The van der Waals surface area contributed by atoms with E-state index in [2.05, 4.69) is 22.2 Å². The number of nitrogens with two attached hydrogens (primary N) is 1. The number of hydrogen-bond acceptors (Lipinski definition) is 4. The molecule has 17 heavy (non-hydrogen) atoms. The van der Waals surface area contributed by atoms with Crippen molar-refractivity contribution in [2.45, 2.75) is 51.5 Å². The number of fused-ring (bicyclic) bond motifs is 1. The third-order valence-corrected chi connectivity index (χ3v) is 3.25. The summed E-state index contributed by atoms with van der Waals surface area (Å²) >= 11 is 0. The van der Waals surface area contributed by atoms with Crippen LogP contribution in [0, 0.1) is 0 Å². The maximum atomic E-state index is 11.7. The van der Waals surface area contributed by atoms with Crippen LogP contribution in [0.1, 0.15) is 44.7 Å². The van der Waals surface area contributed by atoms with Gasteiger partial charge in [-0.3, -0.25) is 9.78 Å². The topological polar surface area (TPSA) is 83.8 Å². The summed E-state index contributed by atoms with van der Waals surface area (Å²) in [5.74, 6) is 0.208. The maximum Gasteiger partial charge on any atom is 0.275 e. The fraction of sp³-hybridized carbons (Fsp3) is 0.667. The van der Waals surface area contributed by atoms with E-state index >= 15 is 0 Å². The fourth-order valence-electron chi connectivity index (χ4n) is 2.31. The van der Waals surface area contributed by atoms with Gasteiger partial charge in [-0.15, -0.1) is 0 Å². The van der Waals surface area contributed by atoms with Gasteiger partial charge < -0.3 is 11.1 Å². The standard InChI is InChI=1S/C12H20N4O/c1-2-3-4-5-8-6-7-9-10(14-8)11(17)16-12(13)15-9/h8,14H,2-7H2,1H3,(H3,13,15,16,17). The van der Waals surface area contributed by atoms with Gasteiger partial charge in [-0.2, -0.15) is 0 Å². The van der Waals surface area contributed by atoms with Gasteiger partial charge in [-0.1, -0.05) is 26.2 Å². The summed E-state index contributed by atoms with van der Waals surface area (Å²) in [4.78, 5) is 18.4. The lowest BCUT2D eigenvalue weighted by Gasteiger charge is -2.25. The molecule has 0 saturated heterocycles. The minimum atomic E-state index is -0.146. The van der Waals surface area contributed by atoms with Crippen molar-refractivity contribution in [3.8, 4) is 0 Å². The fourth-order valence-corrected chi connectivity index (χ4v) is 2.31. The first-order valence-corrected chi connectivity index (χ1v) is 6.36.